The number of aromatic nitrogens is 2. The Morgan fingerprint density at radius 2 is 2.39 bits per heavy atom. The topological polar surface area (TPSA) is 65.4 Å². The molecule has 2 aromatic rings. The first-order valence-electron chi connectivity index (χ1n) is 7.17. The van der Waals surface area contributed by atoms with Crippen LogP contribution in [0.4, 0.5) is 0 Å². The fraction of sp³-hybridized carbons (Fsp3) is 0.250. The smallest absolute Gasteiger partial charge is 0.244 e. The molecule has 6 nitrogen and oxygen atoms in total. The monoisotopic (exact) mass is 333 g/mol. The van der Waals surface area contributed by atoms with E-state index >= 15 is 0 Å². The highest BCUT2D eigenvalue weighted by Gasteiger charge is 2.17. The van der Waals surface area contributed by atoms with Crippen molar-refractivity contribution in [1.82, 2.24) is 15.1 Å². The molecule has 7 heteroatoms. The lowest BCUT2D eigenvalue weighted by Crippen LogP contribution is -2.34. The molecule has 0 bridgehead atoms. The maximum absolute atomic E-state index is 12.0. The molecular formula is C16H16ClN3O3. The van der Waals surface area contributed by atoms with E-state index in [1.807, 2.05) is 19.2 Å². The molecule has 23 heavy (non-hydrogen) atoms. The summed E-state index contributed by atoms with van der Waals surface area (Å²) in [5, 5.41) is 7.45. The van der Waals surface area contributed by atoms with Crippen LogP contribution in [0.5, 0.6) is 11.5 Å². The van der Waals surface area contributed by atoms with E-state index in [-0.39, 0.29) is 18.7 Å². The molecule has 1 aromatic carbocycles. The van der Waals surface area contributed by atoms with E-state index in [0.29, 0.717) is 23.1 Å². The van der Waals surface area contributed by atoms with Gasteiger partial charge in [0.25, 0.3) is 0 Å². The Morgan fingerprint density at radius 3 is 3.17 bits per heavy atom. The Kier molecular flexibility index (Phi) is 4.52. The first-order chi connectivity index (χ1) is 11.1. The van der Waals surface area contributed by atoms with Gasteiger partial charge in [0.2, 0.25) is 12.7 Å². The van der Waals surface area contributed by atoms with Crippen molar-refractivity contribution < 1.29 is 14.3 Å². The number of halogens is 1. The molecule has 2 heterocycles. The van der Waals surface area contributed by atoms with Gasteiger partial charge in [0, 0.05) is 24.5 Å². The maximum atomic E-state index is 12.0. The van der Waals surface area contributed by atoms with Gasteiger partial charge in [-0.3, -0.25) is 9.48 Å². The summed E-state index contributed by atoms with van der Waals surface area (Å²) in [5.41, 5.74) is 0.772. The molecule has 1 amide bonds. The molecule has 1 aliphatic heterocycles. The van der Waals surface area contributed by atoms with Crippen LogP contribution >= 0.6 is 11.6 Å². The first-order valence-corrected chi connectivity index (χ1v) is 7.55. The van der Waals surface area contributed by atoms with Crippen LogP contribution in [0.15, 0.2) is 36.7 Å². The number of benzene rings is 1. The van der Waals surface area contributed by atoms with Crippen LogP contribution in [0.3, 0.4) is 0 Å². The van der Waals surface area contributed by atoms with E-state index in [2.05, 4.69) is 10.4 Å². The standard InChI is InChI=1S/C16H16ClN3O3/c1-11(9-20-6-2-5-18-20)19-15(21)4-3-12-7-13(17)16-14(8-12)22-10-23-16/h2-8,11H,9-10H2,1H3,(H,19,21)/b4-3+. The van der Waals surface area contributed by atoms with Crippen molar-refractivity contribution in [3.63, 3.8) is 0 Å². The molecule has 1 unspecified atom stereocenters. The molecule has 1 aliphatic rings. The van der Waals surface area contributed by atoms with E-state index in [1.165, 1.54) is 6.08 Å². The lowest BCUT2D eigenvalue weighted by Gasteiger charge is -2.12. The summed E-state index contributed by atoms with van der Waals surface area (Å²) in [5.74, 6) is 0.948. The van der Waals surface area contributed by atoms with Crippen molar-refractivity contribution in [3.8, 4) is 11.5 Å². The van der Waals surface area contributed by atoms with Crippen LogP contribution in [0.25, 0.3) is 6.08 Å². The summed E-state index contributed by atoms with van der Waals surface area (Å²) >= 11 is 6.10. The van der Waals surface area contributed by atoms with E-state index in [4.69, 9.17) is 21.1 Å². The molecule has 0 radical (unpaired) electrons. The highest BCUT2D eigenvalue weighted by atomic mass is 35.5. The van der Waals surface area contributed by atoms with Crippen molar-refractivity contribution >= 4 is 23.6 Å². The zero-order valence-corrected chi connectivity index (χ0v) is 13.3. The molecule has 0 aliphatic carbocycles. The van der Waals surface area contributed by atoms with Crippen molar-refractivity contribution in [2.24, 2.45) is 0 Å². The van der Waals surface area contributed by atoms with Crippen molar-refractivity contribution in [1.29, 1.82) is 0 Å². The van der Waals surface area contributed by atoms with E-state index in [1.54, 1.807) is 29.1 Å². The minimum atomic E-state index is -0.182. The number of nitrogens with zero attached hydrogens (tertiary/aromatic N) is 2. The van der Waals surface area contributed by atoms with Crippen LogP contribution in [0.2, 0.25) is 5.02 Å². The van der Waals surface area contributed by atoms with Gasteiger partial charge in [-0.1, -0.05) is 11.6 Å². The number of fused-ring (bicyclic) bond motifs is 1. The Bertz CT molecular complexity index is 728. The van der Waals surface area contributed by atoms with Crippen molar-refractivity contribution in [2.75, 3.05) is 6.79 Å². The normalized spacial score (nSPS) is 14.2. The molecule has 120 valence electrons. The summed E-state index contributed by atoms with van der Waals surface area (Å²) in [6.07, 6.45) is 6.71. The van der Waals surface area contributed by atoms with Crippen LogP contribution in [-0.2, 0) is 11.3 Å². The Balaban J connectivity index is 1.59. The van der Waals surface area contributed by atoms with E-state index in [9.17, 15) is 4.79 Å². The van der Waals surface area contributed by atoms with Gasteiger partial charge in [-0.05, 0) is 36.8 Å². The Hall–Kier alpha value is -2.47. The SMILES string of the molecule is CC(Cn1cccn1)NC(=O)/C=C/c1cc(Cl)c2c(c1)OCO2. The zero-order chi connectivity index (χ0) is 16.2. The second kappa shape index (κ2) is 6.75. The molecule has 0 spiro atoms. The van der Waals surface area contributed by atoms with Crippen molar-refractivity contribution in [2.45, 2.75) is 19.5 Å². The van der Waals surface area contributed by atoms with Crippen molar-refractivity contribution in [3.05, 3.63) is 47.3 Å². The lowest BCUT2D eigenvalue weighted by molar-refractivity contribution is -0.117. The maximum Gasteiger partial charge on any atom is 0.244 e. The molecule has 1 aromatic heterocycles. The number of hydrogen-bond acceptors (Lipinski definition) is 4. The third-order valence-electron chi connectivity index (χ3n) is 3.29. The molecule has 0 fully saturated rings. The summed E-state index contributed by atoms with van der Waals surface area (Å²) in [6, 6.07) is 5.32. The molecule has 1 N–H and O–H groups in total. The summed E-state index contributed by atoms with van der Waals surface area (Å²) in [4.78, 5) is 12.0. The van der Waals surface area contributed by atoms with Gasteiger partial charge in [0.1, 0.15) is 0 Å². The average molecular weight is 334 g/mol. The van der Waals surface area contributed by atoms with Gasteiger partial charge in [0.15, 0.2) is 11.5 Å². The molecule has 1 atom stereocenters. The van der Waals surface area contributed by atoms with Crippen LogP contribution in [-0.4, -0.2) is 28.5 Å². The first kappa shape index (κ1) is 15.4. The van der Waals surface area contributed by atoms with Crippen LogP contribution < -0.4 is 14.8 Å². The molecule has 0 saturated heterocycles. The summed E-state index contributed by atoms with van der Waals surface area (Å²) in [6.45, 7) is 2.70. The lowest BCUT2D eigenvalue weighted by atomic mass is 10.2. The summed E-state index contributed by atoms with van der Waals surface area (Å²) in [7, 11) is 0. The van der Waals surface area contributed by atoms with Crippen LogP contribution in [0, 0.1) is 0 Å². The third-order valence-corrected chi connectivity index (χ3v) is 3.57. The predicted octanol–water partition coefficient (Wildman–Crippen LogP) is 2.48. The van der Waals surface area contributed by atoms with Gasteiger partial charge in [-0.25, -0.2) is 0 Å². The number of nitrogens with one attached hydrogen (secondary N) is 1. The van der Waals surface area contributed by atoms with Gasteiger partial charge in [0.05, 0.1) is 11.6 Å². The summed E-state index contributed by atoms with van der Waals surface area (Å²) < 4.78 is 12.3. The second-order valence-electron chi connectivity index (χ2n) is 5.21. The number of hydrogen-bond donors (Lipinski definition) is 1. The average Bonchev–Trinajstić information content (AvgIpc) is 3.16. The minimum Gasteiger partial charge on any atom is -0.454 e. The Labute approximate surface area is 138 Å². The van der Waals surface area contributed by atoms with Gasteiger partial charge < -0.3 is 14.8 Å². The number of rotatable bonds is 5. The molecular weight excluding hydrogens is 318 g/mol. The van der Waals surface area contributed by atoms with E-state index in [0.717, 1.165) is 5.56 Å². The van der Waals surface area contributed by atoms with Gasteiger partial charge in [-0.2, -0.15) is 5.10 Å². The minimum absolute atomic E-state index is 0.0348. The van der Waals surface area contributed by atoms with Gasteiger partial charge >= 0.3 is 0 Å². The van der Waals surface area contributed by atoms with E-state index < -0.39 is 0 Å². The number of carbonyl (C=O) groups excluding carboxylic acids is 1. The fourth-order valence-electron chi connectivity index (χ4n) is 2.28. The largest absolute Gasteiger partial charge is 0.454 e. The van der Waals surface area contributed by atoms with Gasteiger partial charge in [-0.15, -0.1) is 0 Å². The number of carbonyl (C=O) groups is 1. The van der Waals surface area contributed by atoms with Crippen LogP contribution in [0.1, 0.15) is 12.5 Å². The second-order valence-corrected chi connectivity index (χ2v) is 5.61. The highest BCUT2D eigenvalue weighted by Crippen LogP contribution is 2.39. The zero-order valence-electron chi connectivity index (χ0n) is 12.5. The quantitative estimate of drug-likeness (QED) is 0.854. The molecule has 3 rings (SSSR count). The third kappa shape index (κ3) is 3.84. The number of ether oxygens (including phenoxy) is 2. The number of amides is 1. The predicted molar refractivity (Wildman–Crippen MR) is 86.4 cm³/mol. The Morgan fingerprint density at radius 1 is 1.52 bits per heavy atom. The molecule has 0 saturated carbocycles. The highest BCUT2D eigenvalue weighted by molar-refractivity contribution is 6.32. The fourth-order valence-corrected chi connectivity index (χ4v) is 2.55.